The molecule has 0 amide bonds. The van der Waals surface area contributed by atoms with Crippen molar-refractivity contribution >= 4 is 42.8 Å². The molecule has 0 aliphatic carbocycles. The Morgan fingerprint density at radius 2 is 0.887 bits per heavy atom. The van der Waals surface area contributed by atoms with Crippen molar-refractivity contribution in [3.05, 3.63) is 108 Å². The van der Waals surface area contributed by atoms with Crippen molar-refractivity contribution in [1.29, 1.82) is 0 Å². The maximum Gasteiger partial charge on any atom is 0.243 e. The Bertz CT molecular complexity index is 2370. The van der Waals surface area contributed by atoms with E-state index in [0.29, 0.717) is 22.8 Å². The van der Waals surface area contributed by atoms with Crippen LogP contribution in [0.4, 0.5) is 22.7 Å². The summed E-state index contributed by atoms with van der Waals surface area (Å²) in [4.78, 5) is -0.435. The summed E-state index contributed by atoms with van der Waals surface area (Å²) in [6.07, 6.45) is 0. The van der Waals surface area contributed by atoms with Crippen molar-refractivity contribution in [1.82, 2.24) is 19.6 Å². The molecular formula is C32H30CoN10O8S2. The van der Waals surface area contributed by atoms with E-state index in [1.165, 1.54) is 9.36 Å². The molecule has 0 aliphatic heterocycles. The van der Waals surface area contributed by atoms with Crippen molar-refractivity contribution in [2.75, 3.05) is 0 Å². The summed E-state index contributed by atoms with van der Waals surface area (Å²) in [5.41, 5.74) is 2.03. The minimum atomic E-state index is -3.95. The maximum absolute atomic E-state index is 11.4. The fraction of sp³-hybridized carbons (Fsp3) is 0.0625. The predicted octanol–water partition coefficient (Wildman–Crippen LogP) is 5.31. The van der Waals surface area contributed by atoms with Crippen LogP contribution in [-0.2, 0) is 36.8 Å². The predicted molar refractivity (Wildman–Crippen MR) is 187 cm³/mol. The minimum Gasteiger partial charge on any atom is -0.506 e. The third-order valence-electron chi connectivity index (χ3n) is 7.08. The number of nitrogens with two attached hydrogens (primary N) is 2. The summed E-state index contributed by atoms with van der Waals surface area (Å²) >= 11 is 0. The van der Waals surface area contributed by atoms with E-state index in [2.05, 4.69) is 30.7 Å². The third-order valence-corrected chi connectivity index (χ3v) is 8.90. The number of sulfonamides is 2. The molecule has 277 valence electrons. The molecule has 0 unspecified atom stereocenters. The Morgan fingerprint density at radius 1 is 0.547 bits per heavy atom. The van der Waals surface area contributed by atoms with Crippen LogP contribution in [0.15, 0.2) is 127 Å². The number of benzene rings is 4. The Morgan fingerprint density at radius 3 is 1.21 bits per heavy atom. The molecule has 8 N–H and O–H groups in total. The number of phenolic OH excluding ortho intramolecular Hbond substituents is 2. The number of azo groups is 2. The molecule has 2 aromatic heterocycles. The van der Waals surface area contributed by atoms with E-state index in [1.54, 1.807) is 62.4 Å². The zero-order valence-electron chi connectivity index (χ0n) is 27.5. The SMILES string of the molecule is Cc1nn(-c2ccccc2)c(O)c1N=Nc1cc(S(N)(=O)=O)ccc1O.Cc1nn(-c2ccccc2)c(O)c1N=Nc1cc(S(N)(=O)=O)ccc1O.[Co]. The van der Waals surface area contributed by atoms with Crippen molar-refractivity contribution in [3.63, 3.8) is 0 Å². The van der Waals surface area contributed by atoms with E-state index in [4.69, 9.17) is 10.3 Å². The largest absolute Gasteiger partial charge is 0.506 e. The van der Waals surface area contributed by atoms with Crippen LogP contribution >= 0.6 is 0 Å². The van der Waals surface area contributed by atoms with Gasteiger partial charge in [0.1, 0.15) is 22.9 Å². The number of aromatic nitrogens is 4. The normalized spacial score (nSPS) is 11.7. The molecule has 1 radical (unpaired) electrons. The molecule has 0 fully saturated rings. The first-order chi connectivity index (χ1) is 24.5. The summed E-state index contributed by atoms with van der Waals surface area (Å²) in [5.74, 6) is -1.04. The first-order valence-corrected chi connectivity index (χ1v) is 17.9. The number of nitrogens with zero attached hydrogens (tertiary/aromatic N) is 8. The Kier molecular flexibility index (Phi) is 12.1. The molecule has 18 nitrogen and oxygen atoms in total. The number of hydrogen-bond donors (Lipinski definition) is 6. The summed E-state index contributed by atoms with van der Waals surface area (Å²) in [5, 5.41) is 74.4. The van der Waals surface area contributed by atoms with Crippen LogP contribution in [0.3, 0.4) is 0 Å². The zero-order valence-corrected chi connectivity index (χ0v) is 30.2. The number of aromatic hydroxyl groups is 4. The van der Waals surface area contributed by atoms with Crippen molar-refractivity contribution in [2.24, 2.45) is 30.7 Å². The van der Waals surface area contributed by atoms with Crippen LogP contribution in [0.2, 0.25) is 0 Å². The minimum absolute atomic E-state index is 0. The van der Waals surface area contributed by atoms with Crippen molar-refractivity contribution in [2.45, 2.75) is 23.6 Å². The average molecular weight is 806 g/mol. The molecule has 53 heavy (non-hydrogen) atoms. The number of aryl methyl sites for hydroxylation is 2. The summed E-state index contributed by atoms with van der Waals surface area (Å²) in [6, 6.07) is 24.6. The maximum atomic E-state index is 11.4. The number of phenols is 2. The molecule has 0 saturated carbocycles. The summed E-state index contributed by atoms with van der Waals surface area (Å²) < 4.78 is 48.2. The Balaban J connectivity index is 0.000000232. The standard InChI is InChI=1S/2C16H15N5O4S.Co/c2*1-10-15(16(23)21(20-10)11-5-3-2-4-6-11)19-18-13-9-12(26(17,24)25)7-8-14(13)22;/h2*2-9,22-23H,1H3,(H2,17,24,25);. The van der Waals surface area contributed by atoms with Crippen molar-refractivity contribution < 1.29 is 54.0 Å². The monoisotopic (exact) mass is 805 g/mol. The average Bonchev–Trinajstić information content (AvgIpc) is 3.56. The zero-order chi connectivity index (χ0) is 37.8. The third kappa shape index (κ3) is 9.28. The van der Waals surface area contributed by atoms with Gasteiger partial charge >= 0.3 is 0 Å². The van der Waals surface area contributed by atoms with Crippen LogP contribution in [0.1, 0.15) is 11.4 Å². The van der Waals surface area contributed by atoms with E-state index in [0.717, 1.165) is 36.4 Å². The van der Waals surface area contributed by atoms with Gasteiger partial charge in [-0.15, -0.1) is 20.5 Å². The van der Waals surface area contributed by atoms with Gasteiger partial charge in [0.15, 0.2) is 11.4 Å². The van der Waals surface area contributed by atoms with Crippen LogP contribution < -0.4 is 10.3 Å². The van der Waals surface area contributed by atoms with Crippen LogP contribution in [0.25, 0.3) is 11.4 Å². The molecule has 6 rings (SSSR count). The van der Waals surface area contributed by atoms with Gasteiger partial charge in [0, 0.05) is 16.8 Å². The molecule has 21 heteroatoms. The van der Waals surface area contributed by atoms with Gasteiger partial charge in [-0.2, -0.15) is 19.6 Å². The van der Waals surface area contributed by atoms with Gasteiger partial charge in [-0.25, -0.2) is 27.1 Å². The van der Waals surface area contributed by atoms with Gasteiger partial charge in [0.05, 0.1) is 32.6 Å². The van der Waals surface area contributed by atoms with E-state index in [9.17, 15) is 37.3 Å². The number of para-hydroxylation sites is 2. The Labute approximate surface area is 312 Å². The molecule has 4 aromatic carbocycles. The number of primary sulfonamides is 2. The smallest absolute Gasteiger partial charge is 0.243 e. The second kappa shape index (κ2) is 16.1. The molecule has 0 atom stereocenters. The molecular weight excluding hydrogens is 775 g/mol. The van der Waals surface area contributed by atoms with Gasteiger partial charge in [-0.05, 0) is 74.5 Å². The Hall–Kier alpha value is -5.97. The van der Waals surface area contributed by atoms with Crippen LogP contribution in [0, 0.1) is 13.8 Å². The van der Waals surface area contributed by atoms with Crippen molar-refractivity contribution in [3.8, 4) is 34.6 Å². The first kappa shape index (κ1) is 39.8. The van der Waals surface area contributed by atoms with Gasteiger partial charge in [-0.3, -0.25) is 0 Å². The van der Waals surface area contributed by atoms with E-state index in [-0.39, 0.29) is 72.6 Å². The van der Waals surface area contributed by atoms with Gasteiger partial charge in [0.2, 0.25) is 31.8 Å². The van der Waals surface area contributed by atoms with Gasteiger partial charge < -0.3 is 20.4 Å². The van der Waals surface area contributed by atoms with E-state index in [1.807, 2.05) is 12.1 Å². The molecule has 0 saturated heterocycles. The number of hydrogen-bond acceptors (Lipinski definition) is 14. The second-order valence-corrected chi connectivity index (χ2v) is 13.9. The quantitative estimate of drug-likeness (QED) is 0.108. The van der Waals surface area contributed by atoms with Crippen LogP contribution in [-0.4, -0.2) is 56.8 Å². The summed E-state index contributed by atoms with van der Waals surface area (Å²) in [6.45, 7) is 3.27. The molecule has 0 spiro atoms. The topological polar surface area (TPSA) is 286 Å². The van der Waals surface area contributed by atoms with Gasteiger partial charge in [0.25, 0.3) is 0 Å². The molecule has 6 aromatic rings. The van der Waals surface area contributed by atoms with E-state index < -0.39 is 20.0 Å². The summed E-state index contributed by atoms with van der Waals surface area (Å²) in [7, 11) is -7.90. The fourth-order valence-electron chi connectivity index (χ4n) is 4.47. The first-order valence-electron chi connectivity index (χ1n) is 14.8. The fourth-order valence-corrected chi connectivity index (χ4v) is 5.54. The van der Waals surface area contributed by atoms with E-state index >= 15 is 0 Å². The molecule has 0 bridgehead atoms. The molecule has 0 aliphatic rings. The second-order valence-electron chi connectivity index (χ2n) is 10.8. The van der Waals surface area contributed by atoms with Gasteiger partial charge in [-0.1, -0.05) is 36.4 Å². The van der Waals surface area contributed by atoms with Crippen LogP contribution in [0.5, 0.6) is 23.3 Å². The number of rotatable bonds is 8. The molecule has 2 heterocycles.